The molecule has 2 N–H and O–H groups in total. The van der Waals surface area contributed by atoms with Crippen LogP contribution in [-0.4, -0.2) is 34.7 Å². The van der Waals surface area contributed by atoms with Gasteiger partial charge in [0.25, 0.3) is 0 Å². The Hall–Kier alpha value is -0.580. The third-order valence-electron chi connectivity index (χ3n) is 4.76. The smallest absolute Gasteiger partial charge is 0.0701 e. The molecule has 4 heteroatoms. The molecule has 0 radical (unpaired) electrons. The first-order chi connectivity index (χ1) is 9.77. The van der Waals surface area contributed by atoms with Crippen LogP contribution in [0.5, 0.6) is 0 Å². The van der Waals surface area contributed by atoms with Crippen LogP contribution in [-0.2, 0) is 11.2 Å². The lowest BCUT2D eigenvalue weighted by atomic mass is 9.77. The van der Waals surface area contributed by atoms with E-state index in [2.05, 4.69) is 28.9 Å². The van der Waals surface area contributed by atoms with Gasteiger partial charge in [-0.1, -0.05) is 0 Å². The Morgan fingerprint density at radius 3 is 2.85 bits per heavy atom. The number of pyridine rings is 1. The number of thioether (sulfide) groups is 1. The highest BCUT2D eigenvalue weighted by molar-refractivity contribution is 7.99. The highest BCUT2D eigenvalue weighted by atomic mass is 32.2. The van der Waals surface area contributed by atoms with Gasteiger partial charge in [0, 0.05) is 25.0 Å². The van der Waals surface area contributed by atoms with Crippen molar-refractivity contribution in [2.75, 3.05) is 18.1 Å². The van der Waals surface area contributed by atoms with Gasteiger partial charge in [-0.25, -0.2) is 0 Å². The number of nitrogens with two attached hydrogens (primary N) is 1. The zero-order valence-electron chi connectivity index (χ0n) is 12.0. The van der Waals surface area contributed by atoms with Gasteiger partial charge < -0.3 is 10.5 Å². The molecule has 0 saturated carbocycles. The van der Waals surface area contributed by atoms with E-state index in [0.29, 0.717) is 5.92 Å². The molecule has 2 saturated heterocycles. The molecular formula is C16H24N2OS. The molecule has 0 bridgehead atoms. The molecule has 0 aliphatic carbocycles. The standard InChI is InChI=1S/C16H24N2OS/c17-15(11-13-1-6-18-7-2-13)14-3-8-19-16(12-14)4-9-20-10-5-16/h1-2,6-7,14-15H,3-5,8-12,17H2. The summed E-state index contributed by atoms with van der Waals surface area (Å²) >= 11 is 2.06. The Morgan fingerprint density at radius 2 is 2.10 bits per heavy atom. The quantitative estimate of drug-likeness (QED) is 0.930. The molecule has 1 spiro atoms. The van der Waals surface area contributed by atoms with E-state index in [4.69, 9.17) is 10.5 Å². The molecule has 1 aromatic heterocycles. The van der Waals surface area contributed by atoms with Gasteiger partial charge in [0.05, 0.1) is 5.60 Å². The Morgan fingerprint density at radius 1 is 1.35 bits per heavy atom. The molecule has 2 aliphatic heterocycles. The molecule has 20 heavy (non-hydrogen) atoms. The van der Waals surface area contributed by atoms with Crippen molar-refractivity contribution in [1.82, 2.24) is 4.98 Å². The van der Waals surface area contributed by atoms with E-state index in [1.54, 1.807) is 0 Å². The highest BCUT2D eigenvalue weighted by Gasteiger charge is 2.40. The molecule has 3 rings (SSSR count). The summed E-state index contributed by atoms with van der Waals surface area (Å²) in [6.45, 7) is 0.888. The Kier molecular flexibility index (Phi) is 4.64. The van der Waals surface area contributed by atoms with E-state index in [1.807, 2.05) is 12.4 Å². The minimum Gasteiger partial charge on any atom is -0.375 e. The summed E-state index contributed by atoms with van der Waals surface area (Å²) in [6.07, 6.45) is 9.34. The van der Waals surface area contributed by atoms with E-state index in [9.17, 15) is 0 Å². The van der Waals surface area contributed by atoms with Crippen LogP contribution in [0.15, 0.2) is 24.5 Å². The van der Waals surface area contributed by atoms with Crippen molar-refractivity contribution in [2.24, 2.45) is 11.7 Å². The molecular weight excluding hydrogens is 268 g/mol. The van der Waals surface area contributed by atoms with E-state index < -0.39 is 0 Å². The molecule has 0 aromatic carbocycles. The van der Waals surface area contributed by atoms with Crippen LogP contribution in [0.4, 0.5) is 0 Å². The summed E-state index contributed by atoms with van der Waals surface area (Å²) in [6, 6.07) is 4.39. The highest BCUT2D eigenvalue weighted by Crippen LogP contribution is 2.40. The summed E-state index contributed by atoms with van der Waals surface area (Å²) in [4.78, 5) is 4.07. The second kappa shape index (κ2) is 6.46. The van der Waals surface area contributed by atoms with Crippen LogP contribution < -0.4 is 5.73 Å². The molecule has 2 aliphatic rings. The van der Waals surface area contributed by atoms with E-state index in [1.165, 1.54) is 29.9 Å². The lowest BCUT2D eigenvalue weighted by Crippen LogP contribution is -2.47. The van der Waals surface area contributed by atoms with Crippen LogP contribution in [0.3, 0.4) is 0 Å². The number of ether oxygens (including phenoxy) is 1. The largest absolute Gasteiger partial charge is 0.375 e. The first-order valence-corrected chi connectivity index (χ1v) is 8.79. The molecule has 3 nitrogen and oxygen atoms in total. The Balaban J connectivity index is 1.61. The van der Waals surface area contributed by atoms with Gasteiger partial charge in [-0.05, 0) is 67.2 Å². The van der Waals surface area contributed by atoms with Gasteiger partial charge in [0.15, 0.2) is 0 Å². The zero-order valence-corrected chi connectivity index (χ0v) is 12.8. The molecule has 2 atom stereocenters. The predicted octanol–water partition coefficient (Wildman–Crippen LogP) is 2.64. The molecule has 2 fully saturated rings. The van der Waals surface area contributed by atoms with E-state index in [0.717, 1.165) is 25.9 Å². The van der Waals surface area contributed by atoms with Crippen LogP contribution in [0.1, 0.15) is 31.2 Å². The van der Waals surface area contributed by atoms with Crippen molar-refractivity contribution in [1.29, 1.82) is 0 Å². The molecule has 2 unspecified atom stereocenters. The van der Waals surface area contributed by atoms with E-state index >= 15 is 0 Å². The maximum atomic E-state index is 6.49. The second-order valence-electron chi connectivity index (χ2n) is 6.12. The van der Waals surface area contributed by atoms with Crippen LogP contribution in [0.25, 0.3) is 0 Å². The molecule has 3 heterocycles. The summed E-state index contributed by atoms with van der Waals surface area (Å²) in [5.74, 6) is 3.08. The van der Waals surface area contributed by atoms with Crippen molar-refractivity contribution in [3.63, 3.8) is 0 Å². The molecule has 0 amide bonds. The minimum atomic E-state index is 0.143. The van der Waals surface area contributed by atoms with Crippen molar-refractivity contribution in [3.8, 4) is 0 Å². The maximum Gasteiger partial charge on any atom is 0.0701 e. The van der Waals surface area contributed by atoms with Crippen molar-refractivity contribution in [2.45, 2.75) is 43.7 Å². The van der Waals surface area contributed by atoms with Gasteiger partial charge in [-0.2, -0.15) is 11.8 Å². The number of aromatic nitrogens is 1. The fourth-order valence-corrected chi connectivity index (χ4v) is 4.72. The van der Waals surface area contributed by atoms with Crippen molar-refractivity contribution >= 4 is 11.8 Å². The summed E-state index contributed by atoms with van der Waals surface area (Å²) < 4.78 is 6.16. The number of hydrogen-bond acceptors (Lipinski definition) is 4. The average Bonchev–Trinajstić information content (AvgIpc) is 2.49. The lowest BCUT2D eigenvalue weighted by molar-refractivity contribution is -0.105. The summed E-state index contributed by atoms with van der Waals surface area (Å²) in [5, 5.41) is 0. The molecule has 110 valence electrons. The fraction of sp³-hybridized carbons (Fsp3) is 0.688. The fourth-order valence-electron chi connectivity index (χ4n) is 3.48. The normalized spacial score (nSPS) is 27.4. The second-order valence-corrected chi connectivity index (χ2v) is 7.34. The van der Waals surface area contributed by atoms with Crippen LogP contribution in [0, 0.1) is 5.92 Å². The Bertz CT molecular complexity index is 414. The summed E-state index contributed by atoms with van der Waals surface area (Å²) in [7, 11) is 0. The topological polar surface area (TPSA) is 48.1 Å². The third kappa shape index (κ3) is 3.35. The summed E-state index contributed by atoms with van der Waals surface area (Å²) in [5.41, 5.74) is 7.93. The maximum absolute atomic E-state index is 6.49. The SMILES string of the molecule is NC(Cc1ccncc1)C1CCOC2(CCSCC2)C1. The minimum absolute atomic E-state index is 0.143. The zero-order chi connectivity index (χ0) is 13.8. The van der Waals surface area contributed by atoms with Crippen LogP contribution >= 0.6 is 11.8 Å². The van der Waals surface area contributed by atoms with Gasteiger partial charge in [-0.15, -0.1) is 0 Å². The number of rotatable bonds is 3. The predicted molar refractivity (Wildman–Crippen MR) is 83.9 cm³/mol. The van der Waals surface area contributed by atoms with Crippen molar-refractivity contribution < 1.29 is 4.74 Å². The third-order valence-corrected chi connectivity index (χ3v) is 5.75. The number of nitrogens with zero attached hydrogens (tertiary/aromatic N) is 1. The average molecular weight is 292 g/mol. The van der Waals surface area contributed by atoms with Gasteiger partial charge >= 0.3 is 0 Å². The first kappa shape index (κ1) is 14.4. The van der Waals surface area contributed by atoms with Gasteiger partial charge in [0.1, 0.15) is 0 Å². The first-order valence-electron chi connectivity index (χ1n) is 7.64. The van der Waals surface area contributed by atoms with Crippen LogP contribution in [0.2, 0.25) is 0 Å². The Labute approximate surface area is 125 Å². The van der Waals surface area contributed by atoms with Crippen molar-refractivity contribution in [3.05, 3.63) is 30.1 Å². The van der Waals surface area contributed by atoms with Gasteiger partial charge in [-0.3, -0.25) is 4.98 Å². The lowest BCUT2D eigenvalue weighted by Gasteiger charge is -2.44. The number of hydrogen-bond donors (Lipinski definition) is 1. The van der Waals surface area contributed by atoms with Gasteiger partial charge in [0.2, 0.25) is 0 Å². The monoisotopic (exact) mass is 292 g/mol. The van der Waals surface area contributed by atoms with E-state index in [-0.39, 0.29) is 11.6 Å². The molecule has 1 aromatic rings.